The quantitative estimate of drug-likeness (QED) is 0.312. The molecule has 0 radical (unpaired) electrons. The van der Waals surface area contributed by atoms with Crippen LogP contribution < -0.4 is 20.1 Å². The Morgan fingerprint density at radius 2 is 1.58 bits per heavy atom. The van der Waals surface area contributed by atoms with Crippen molar-refractivity contribution in [1.29, 1.82) is 0 Å². The summed E-state index contributed by atoms with van der Waals surface area (Å²) in [6.45, 7) is 4.06. The van der Waals surface area contributed by atoms with E-state index in [1.165, 1.54) is 5.56 Å². The Labute approximate surface area is 199 Å². The van der Waals surface area contributed by atoms with Gasteiger partial charge in [0.25, 0.3) is 5.91 Å². The second-order valence-corrected chi connectivity index (χ2v) is 7.47. The molecule has 0 atom stereocenters. The molecule has 3 aromatic carbocycles. The number of hydrogen-bond acceptors (Lipinski definition) is 5. The Balaban J connectivity index is 1.47. The molecule has 0 aliphatic rings. The zero-order chi connectivity index (χ0) is 23.3. The molecule has 2 N–H and O–H groups in total. The Kier molecular flexibility index (Phi) is 9.69. The van der Waals surface area contributed by atoms with Crippen molar-refractivity contribution in [2.24, 2.45) is 0 Å². The SMILES string of the molecule is CCOCCOc1ccccc1NC(=S)NC(=O)c1ccc(OCCc2ccccc2)cc1. The maximum Gasteiger partial charge on any atom is 0.257 e. The third kappa shape index (κ3) is 8.21. The number of hydrogen-bond donors (Lipinski definition) is 2. The van der Waals surface area contributed by atoms with E-state index in [0.29, 0.717) is 49.2 Å². The number of para-hydroxylation sites is 2. The fourth-order valence-corrected chi connectivity index (χ4v) is 3.22. The van der Waals surface area contributed by atoms with E-state index >= 15 is 0 Å². The van der Waals surface area contributed by atoms with Gasteiger partial charge in [0.05, 0.1) is 18.9 Å². The van der Waals surface area contributed by atoms with Crippen LogP contribution in [0.2, 0.25) is 0 Å². The van der Waals surface area contributed by atoms with E-state index in [2.05, 4.69) is 22.8 Å². The molecular weight excluding hydrogens is 436 g/mol. The van der Waals surface area contributed by atoms with Crippen molar-refractivity contribution in [1.82, 2.24) is 5.32 Å². The van der Waals surface area contributed by atoms with Gasteiger partial charge >= 0.3 is 0 Å². The smallest absolute Gasteiger partial charge is 0.257 e. The van der Waals surface area contributed by atoms with Crippen LogP contribution in [0.15, 0.2) is 78.9 Å². The third-order valence-electron chi connectivity index (χ3n) is 4.67. The largest absolute Gasteiger partial charge is 0.493 e. The highest BCUT2D eigenvalue weighted by molar-refractivity contribution is 7.80. The molecule has 0 bridgehead atoms. The molecule has 7 heteroatoms. The lowest BCUT2D eigenvalue weighted by molar-refractivity contribution is 0.0977. The zero-order valence-electron chi connectivity index (χ0n) is 18.6. The second kappa shape index (κ2) is 13.2. The van der Waals surface area contributed by atoms with E-state index in [1.54, 1.807) is 24.3 Å². The molecule has 0 saturated carbocycles. The van der Waals surface area contributed by atoms with Gasteiger partial charge in [-0.2, -0.15) is 0 Å². The number of thiocarbonyl (C=S) groups is 1. The number of ether oxygens (including phenoxy) is 3. The maximum atomic E-state index is 12.6. The molecule has 0 heterocycles. The first-order valence-corrected chi connectivity index (χ1v) is 11.2. The van der Waals surface area contributed by atoms with E-state index in [4.69, 9.17) is 26.4 Å². The van der Waals surface area contributed by atoms with Crippen molar-refractivity contribution < 1.29 is 19.0 Å². The first kappa shape index (κ1) is 24.2. The molecule has 0 unspecified atom stereocenters. The van der Waals surface area contributed by atoms with Gasteiger partial charge in [0.2, 0.25) is 0 Å². The van der Waals surface area contributed by atoms with Crippen molar-refractivity contribution in [2.45, 2.75) is 13.3 Å². The van der Waals surface area contributed by atoms with Crippen molar-refractivity contribution in [2.75, 3.05) is 31.7 Å². The number of anilines is 1. The van der Waals surface area contributed by atoms with Crippen LogP contribution in [-0.2, 0) is 11.2 Å². The van der Waals surface area contributed by atoms with Crippen LogP contribution in [0.25, 0.3) is 0 Å². The summed E-state index contributed by atoms with van der Waals surface area (Å²) in [5.74, 6) is 1.03. The highest BCUT2D eigenvalue weighted by Gasteiger charge is 2.10. The molecule has 0 aliphatic carbocycles. The Morgan fingerprint density at radius 3 is 2.33 bits per heavy atom. The molecule has 0 aromatic heterocycles. The van der Waals surface area contributed by atoms with Crippen LogP contribution in [-0.4, -0.2) is 37.4 Å². The first-order chi connectivity index (χ1) is 16.2. The molecule has 6 nitrogen and oxygen atoms in total. The molecular formula is C26H28N2O4S. The monoisotopic (exact) mass is 464 g/mol. The van der Waals surface area contributed by atoms with Crippen molar-refractivity contribution in [3.63, 3.8) is 0 Å². The van der Waals surface area contributed by atoms with Gasteiger partial charge in [0.1, 0.15) is 18.1 Å². The molecule has 3 aromatic rings. The van der Waals surface area contributed by atoms with Crippen LogP contribution in [0, 0.1) is 0 Å². The average molecular weight is 465 g/mol. The lowest BCUT2D eigenvalue weighted by Gasteiger charge is -2.14. The van der Waals surface area contributed by atoms with Crippen LogP contribution in [0.1, 0.15) is 22.8 Å². The number of amides is 1. The summed E-state index contributed by atoms with van der Waals surface area (Å²) in [6, 6.07) is 24.5. The zero-order valence-corrected chi connectivity index (χ0v) is 19.4. The van der Waals surface area contributed by atoms with Crippen LogP contribution in [0.4, 0.5) is 5.69 Å². The number of carbonyl (C=O) groups excluding carboxylic acids is 1. The standard InChI is InChI=1S/C26H28N2O4S/c1-2-30-18-19-32-24-11-7-6-10-23(24)27-26(33)28-25(29)21-12-14-22(15-13-21)31-17-16-20-8-4-3-5-9-20/h3-15H,2,16-19H2,1H3,(H2,27,28,29,33). The third-order valence-corrected chi connectivity index (χ3v) is 4.87. The van der Waals surface area contributed by atoms with Crippen molar-refractivity contribution in [3.8, 4) is 11.5 Å². The van der Waals surface area contributed by atoms with Crippen LogP contribution >= 0.6 is 12.2 Å². The van der Waals surface area contributed by atoms with Crippen LogP contribution in [0.5, 0.6) is 11.5 Å². The van der Waals surface area contributed by atoms with Gasteiger partial charge in [-0.3, -0.25) is 10.1 Å². The molecule has 33 heavy (non-hydrogen) atoms. The minimum absolute atomic E-state index is 0.184. The summed E-state index contributed by atoms with van der Waals surface area (Å²) >= 11 is 5.31. The molecule has 0 saturated heterocycles. The maximum absolute atomic E-state index is 12.6. The van der Waals surface area contributed by atoms with Gasteiger partial charge in [-0.15, -0.1) is 0 Å². The van der Waals surface area contributed by atoms with E-state index in [-0.39, 0.29) is 11.0 Å². The van der Waals surface area contributed by atoms with Gasteiger partial charge in [0.15, 0.2) is 5.11 Å². The average Bonchev–Trinajstić information content (AvgIpc) is 2.84. The summed E-state index contributed by atoms with van der Waals surface area (Å²) in [5.41, 5.74) is 2.37. The number of benzene rings is 3. The molecule has 0 spiro atoms. The Morgan fingerprint density at radius 1 is 0.848 bits per heavy atom. The Hall–Kier alpha value is -3.42. The predicted octanol–water partition coefficient (Wildman–Crippen LogP) is 4.85. The fourth-order valence-electron chi connectivity index (χ4n) is 3.01. The molecule has 172 valence electrons. The first-order valence-electron chi connectivity index (χ1n) is 10.8. The topological polar surface area (TPSA) is 68.8 Å². The summed E-state index contributed by atoms with van der Waals surface area (Å²) in [4.78, 5) is 12.6. The van der Waals surface area contributed by atoms with E-state index in [1.807, 2.05) is 49.4 Å². The molecule has 0 aliphatic heterocycles. The number of rotatable bonds is 11. The summed E-state index contributed by atoms with van der Waals surface area (Å²) in [5, 5.41) is 5.89. The highest BCUT2D eigenvalue weighted by atomic mass is 32.1. The predicted molar refractivity (Wildman–Crippen MR) is 134 cm³/mol. The van der Waals surface area contributed by atoms with Crippen molar-refractivity contribution >= 4 is 28.9 Å². The van der Waals surface area contributed by atoms with Crippen molar-refractivity contribution in [3.05, 3.63) is 90.0 Å². The summed E-state index contributed by atoms with van der Waals surface area (Å²) in [6.07, 6.45) is 0.819. The van der Waals surface area contributed by atoms with Gasteiger partial charge in [0, 0.05) is 18.6 Å². The lowest BCUT2D eigenvalue weighted by atomic mass is 10.2. The van der Waals surface area contributed by atoms with E-state index in [0.717, 1.165) is 6.42 Å². The molecule has 0 fully saturated rings. The number of nitrogens with one attached hydrogen (secondary N) is 2. The molecule has 3 rings (SSSR count). The minimum Gasteiger partial charge on any atom is -0.493 e. The number of carbonyl (C=O) groups is 1. The minimum atomic E-state index is -0.307. The summed E-state index contributed by atoms with van der Waals surface area (Å²) < 4.78 is 16.8. The highest BCUT2D eigenvalue weighted by Crippen LogP contribution is 2.23. The van der Waals surface area contributed by atoms with E-state index in [9.17, 15) is 4.79 Å². The van der Waals surface area contributed by atoms with Gasteiger partial charge in [-0.05, 0) is 61.1 Å². The second-order valence-electron chi connectivity index (χ2n) is 7.06. The summed E-state index contributed by atoms with van der Waals surface area (Å²) in [7, 11) is 0. The normalized spacial score (nSPS) is 10.3. The lowest BCUT2D eigenvalue weighted by Crippen LogP contribution is -2.34. The molecule has 1 amide bonds. The van der Waals surface area contributed by atoms with Gasteiger partial charge < -0.3 is 19.5 Å². The van der Waals surface area contributed by atoms with Gasteiger partial charge in [-0.1, -0.05) is 42.5 Å². The fraction of sp³-hybridized carbons (Fsp3) is 0.231. The van der Waals surface area contributed by atoms with E-state index < -0.39 is 0 Å². The Bertz CT molecular complexity index is 1030. The van der Waals surface area contributed by atoms with Gasteiger partial charge in [-0.25, -0.2) is 0 Å². The van der Waals surface area contributed by atoms with Crippen LogP contribution in [0.3, 0.4) is 0 Å².